The van der Waals surface area contributed by atoms with Crippen molar-refractivity contribution in [3.8, 4) is 0 Å². The summed E-state index contributed by atoms with van der Waals surface area (Å²) in [4.78, 5) is 0. The van der Waals surface area contributed by atoms with Crippen LogP contribution in [0, 0.1) is 5.92 Å². The molecule has 1 aromatic carbocycles. The SMILES string of the molecule is CCc1ccc(C2NCC(C)CS(=O)(=O)C2C)cc1. The summed E-state index contributed by atoms with van der Waals surface area (Å²) >= 11 is 0. The second kappa shape index (κ2) is 5.63. The van der Waals surface area contributed by atoms with E-state index in [0.29, 0.717) is 0 Å². The number of hydrogen-bond acceptors (Lipinski definition) is 3. The molecular formula is C15H23NO2S. The van der Waals surface area contributed by atoms with Crippen LogP contribution in [-0.2, 0) is 16.3 Å². The van der Waals surface area contributed by atoms with E-state index in [0.717, 1.165) is 18.5 Å². The molecule has 3 unspecified atom stereocenters. The van der Waals surface area contributed by atoms with E-state index in [4.69, 9.17) is 0 Å². The minimum absolute atomic E-state index is 0.0964. The predicted octanol–water partition coefficient (Wildman–Crippen LogP) is 2.33. The molecule has 0 saturated carbocycles. The van der Waals surface area contributed by atoms with E-state index in [-0.39, 0.29) is 23.0 Å². The summed E-state index contributed by atoms with van der Waals surface area (Å²) < 4.78 is 24.6. The van der Waals surface area contributed by atoms with Crippen LogP contribution in [-0.4, -0.2) is 26.0 Å². The fraction of sp³-hybridized carbons (Fsp3) is 0.600. The normalized spacial score (nSPS) is 30.8. The van der Waals surface area contributed by atoms with Crippen LogP contribution in [0.2, 0.25) is 0 Å². The highest BCUT2D eigenvalue weighted by Crippen LogP contribution is 2.27. The third kappa shape index (κ3) is 3.18. The molecule has 2 rings (SSSR count). The maximum atomic E-state index is 12.3. The first-order valence-electron chi connectivity index (χ1n) is 6.98. The summed E-state index contributed by atoms with van der Waals surface area (Å²) in [5, 5.41) is 3.04. The van der Waals surface area contributed by atoms with Crippen molar-refractivity contribution in [3.05, 3.63) is 35.4 Å². The van der Waals surface area contributed by atoms with Gasteiger partial charge in [0.15, 0.2) is 9.84 Å². The second-order valence-corrected chi connectivity index (χ2v) is 8.02. The van der Waals surface area contributed by atoms with Crippen molar-refractivity contribution in [2.24, 2.45) is 5.92 Å². The zero-order chi connectivity index (χ0) is 14.0. The predicted molar refractivity (Wildman–Crippen MR) is 79.0 cm³/mol. The molecule has 4 heteroatoms. The molecule has 1 aliphatic rings. The molecule has 3 atom stereocenters. The number of sulfone groups is 1. The van der Waals surface area contributed by atoms with E-state index in [9.17, 15) is 8.42 Å². The molecule has 3 nitrogen and oxygen atoms in total. The lowest BCUT2D eigenvalue weighted by Gasteiger charge is -2.22. The molecular weight excluding hydrogens is 258 g/mol. The van der Waals surface area contributed by atoms with Gasteiger partial charge in [-0.2, -0.15) is 0 Å². The summed E-state index contributed by atoms with van der Waals surface area (Å²) in [7, 11) is -3.02. The molecule has 1 aromatic rings. The Labute approximate surface area is 116 Å². The molecule has 0 radical (unpaired) electrons. The Morgan fingerprint density at radius 2 is 1.84 bits per heavy atom. The van der Waals surface area contributed by atoms with Crippen molar-refractivity contribution in [2.45, 2.75) is 38.5 Å². The van der Waals surface area contributed by atoms with Crippen molar-refractivity contribution in [1.29, 1.82) is 0 Å². The van der Waals surface area contributed by atoms with Crippen molar-refractivity contribution in [2.75, 3.05) is 12.3 Å². The summed E-state index contributed by atoms with van der Waals surface area (Å²) in [5.74, 6) is 0.456. The van der Waals surface area contributed by atoms with Crippen LogP contribution >= 0.6 is 0 Å². The van der Waals surface area contributed by atoms with Crippen molar-refractivity contribution in [1.82, 2.24) is 5.32 Å². The van der Waals surface area contributed by atoms with E-state index >= 15 is 0 Å². The van der Waals surface area contributed by atoms with Crippen molar-refractivity contribution >= 4 is 9.84 Å². The standard InChI is InChI=1S/C15H23NO2S/c1-4-13-5-7-14(8-6-13)15-12(3)19(17,18)10-11(2)9-16-15/h5-8,11-12,15-16H,4,9-10H2,1-3H3. The van der Waals surface area contributed by atoms with Gasteiger partial charge >= 0.3 is 0 Å². The molecule has 106 valence electrons. The van der Waals surface area contributed by atoms with Gasteiger partial charge < -0.3 is 5.32 Å². The van der Waals surface area contributed by atoms with Crippen LogP contribution in [0.15, 0.2) is 24.3 Å². The lowest BCUT2D eigenvalue weighted by Crippen LogP contribution is -2.33. The highest BCUT2D eigenvalue weighted by molar-refractivity contribution is 7.92. The third-order valence-corrected chi connectivity index (χ3v) is 6.42. The van der Waals surface area contributed by atoms with Crippen LogP contribution in [0.25, 0.3) is 0 Å². The van der Waals surface area contributed by atoms with Crippen LogP contribution in [0.5, 0.6) is 0 Å². The zero-order valence-electron chi connectivity index (χ0n) is 11.9. The lowest BCUT2D eigenvalue weighted by atomic mass is 10.0. The summed E-state index contributed by atoms with van der Waals surface area (Å²) in [5.41, 5.74) is 2.35. The first-order chi connectivity index (χ1) is 8.94. The van der Waals surface area contributed by atoms with Crippen LogP contribution in [0.1, 0.15) is 37.9 Å². The first-order valence-corrected chi connectivity index (χ1v) is 8.69. The van der Waals surface area contributed by atoms with Gasteiger partial charge in [-0.15, -0.1) is 0 Å². The first kappa shape index (κ1) is 14.5. The van der Waals surface area contributed by atoms with Crippen LogP contribution in [0.3, 0.4) is 0 Å². The Balaban J connectivity index is 2.31. The minimum atomic E-state index is -3.02. The molecule has 1 N–H and O–H groups in total. The van der Waals surface area contributed by atoms with E-state index < -0.39 is 9.84 Å². The van der Waals surface area contributed by atoms with Crippen LogP contribution in [0.4, 0.5) is 0 Å². The fourth-order valence-electron chi connectivity index (χ4n) is 2.66. The van der Waals surface area contributed by atoms with Gasteiger partial charge in [-0.3, -0.25) is 0 Å². The van der Waals surface area contributed by atoms with Crippen molar-refractivity contribution < 1.29 is 8.42 Å². The van der Waals surface area contributed by atoms with Crippen molar-refractivity contribution in [3.63, 3.8) is 0 Å². The Bertz CT molecular complexity index is 522. The number of hydrogen-bond donors (Lipinski definition) is 1. The Hall–Kier alpha value is -0.870. The van der Waals surface area contributed by atoms with Gasteiger partial charge in [0, 0.05) is 6.04 Å². The Morgan fingerprint density at radius 1 is 1.21 bits per heavy atom. The smallest absolute Gasteiger partial charge is 0.155 e. The lowest BCUT2D eigenvalue weighted by molar-refractivity contribution is 0.487. The molecule has 1 fully saturated rings. The van der Waals surface area contributed by atoms with Gasteiger partial charge in [-0.05, 0) is 36.9 Å². The molecule has 1 saturated heterocycles. The topological polar surface area (TPSA) is 46.2 Å². The maximum absolute atomic E-state index is 12.3. The fourth-order valence-corrected chi connectivity index (χ4v) is 4.54. The van der Waals surface area contributed by atoms with Gasteiger partial charge in [0.05, 0.1) is 11.0 Å². The Kier molecular flexibility index (Phi) is 4.31. The molecule has 0 aromatic heterocycles. The van der Waals surface area contributed by atoms with Gasteiger partial charge in [-0.25, -0.2) is 8.42 Å². The molecule has 0 bridgehead atoms. The van der Waals surface area contributed by atoms with Gasteiger partial charge in [0.25, 0.3) is 0 Å². The number of nitrogens with one attached hydrogen (secondary N) is 1. The monoisotopic (exact) mass is 281 g/mol. The number of rotatable bonds is 2. The number of aryl methyl sites for hydroxylation is 1. The zero-order valence-corrected chi connectivity index (χ0v) is 12.7. The molecule has 1 aliphatic heterocycles. The van der Waals surface area contributed by atoms with Crippen LogP contribution < -0.4 is 5.32 Å². The Morgan fingerprint density at radius 3 is 2.42 bits per heavy atom. The molecule has 0 amide bonds. The largest absolute Gasteiger partial charge is 0.309 e. The molecule has 1 heterocycles. The summed E-state index contributed by atoms with van der Waals surface area (Å²) in [6, 6.07) is 8.19. The molecule has 0 spiro atoms. The average Bonchev–Trinajstić information content (AvgIpc) is 2.47. The quantitative estimate of drug-likeness (QED) is 0.905. The highest BCUT2D eigenvalue weighted by atomic mass is 32.2. The second-order valence-electron chi connectivity index (χ2n) is 5.62. The number of benzene rings is 1. The third-order valence-electron chi connectivity index (χ3n) is 3.99. The highest BCUT2D eigenvalue weighted by Gasteiger charge is 2.34. The average molecular weight is 281 g/mol. The summed E-state index contributed by atoms with van der Waals surface area (Å²) in [6.45, 7) is 6.68. The van der Waals surface area contributed by atoms with Gasteiger partial charge in [-0.1, -0.05) is 38.1 Å². The van der Waals surface area contributed by atoms with Gasteiger partial charge in [0.1, 0.15) is 0 Å². The molecule has 19 heavy (non-hydrogen) atoms. The minimum Gasteiger partial charge on any atom is -0.309 e. The maximum Gasteiger partial charge on any atom is 0.155 e. The van der Waals surface area contributed by atoms with E-state index in [1.54, 1.807) is 0 Å². The summed E-state index contributed by atoms with van der Waals surface area (Å²) in [6.07, 6.45) is 1.00. The van der Waals surface area contributed by atoms with E-state index in [2.05, 4.69) is 36.5 Å². The van der Waals surface area contributed by atoms with E-state index in [1.807, 2.05) is 13.8 Å². The van der Waals surface area contributed by atoms with Gasteiger partial charge in [0.2, 0.25) is 0 Å². The van der Waals surface area contributed by atoms with E-state index in [1.165, 1.54) is 5.56 Å². The molecule has 0 aliphatic carbocycles.